The molecule has 0 heterocycles. The van der Waals surface area contributed by atoms with Crippen LogP contribution in [0.25, 0.3) is 10.8 Å². The van der Waals surface area contributed by atoms with E-state index < -0.39 is 24.9 Å². The Morgan fingerprint density at radius 2 is 1.60 bits per heavy atom. The van der Waals surface area contributed by atoms with Gasteiger partial charge in [-0.2, -0.15) is 0 Å². The van der Waals surface area contributed by atoms with Crippen molar-refractivity contribution in [3.8, 4) is 0 Å². The molecule has 5 nitrogen and oxygen atoms in total. The predicted molar refractivity (Wildman–Crippen MR) is 83.9 cm³/mol. The molecule has 0 aliphatic heterocycles. The van der Waals surface area contributed by atoms with Gasteiger partial charge < -0.3 is 0 Å². The van der Waals surface area contributed by atoms with Crippen LogP contribution in [0.1, 0.15) is 0 Å². The van der Waals surface area contributed by atoms with Crippen LogP contribution in [0.15, 0.2) is 40.9 Å². The quantitative estimate of drug-likeness (QED) is 0.886. The zero-order valence-electron chi connectivity index (χ0n) is 10.5. The molecule has 0 bridgehead atoms. The fraction of sp³-hybridized carbons (Fsp3) is 0.167. The lowest BCUT2D eigenvalue weighted by atomic mass is 10.1. The molecule has 0 unspecified atom stereocenters. The fourth-order valence-corrected chi connectivity index (χ4v) is 5.13. The number of sulfone groups is 1. The number of anilines is 1. The molecule has 0 fully saturated rings. The van der Waals surface area contributed by atoms with Crippen molar-refractivity contribution in [3.05, 3.63) is 40.9 Å². The molecule has 1 N–H and O–H groups in total. The molecule has 0 amide bonds. The summed E-state index contributed by atoms with van der Waals surface area (Å²) >= 11 is 3.35. The maximum Gasteiger partial charge on any atom is 0.247 e. The van der Waals surface area contributed by atoms with Crippen molar-refractivity contribution in [1.82, 2.24) is 0 Å². The van der Waals surface area contributed by atoms with Gasteiger partial charge in [-0.15, -0.1) is 0 Å². The number of fused-ring (bicyclic) bond motifs is 1. The highest BCUT2D eigenvalue weighted by molar-refractivity contribution is 9.10. The van der Waals surface area contributed by atoms with Crippen molar-refractivity contribution < 1.29 is 16.8 Å². The van der Waals surface area contributed by atoms with Gasteiger partial charge in [0.05, 0.1) is 0 Å². The monoisotopic (exact) mass is 377 g/mol. The fourth-order valence-electron chi connectivity index (χ4n) is 1.77. The van der Waals surface area contributed by atoms with E-state index in [-0.39, 0.29) is 0 Å². The molecular formula is C12H12BrNO4S2. The minimum Gasteiger partial charge on any atom is -0.283 e. The van der Waals surface area contributed by atoms with E-state index in [9.17, 15) is 16.8 Å². The first kappa shape index (κ1) is 15.3. The van der Waals surface area contributed by atoms with Gasteiger partial charge in [-0.25, -0.2) is 16.8 Å². The molecule has 0 spiro atoms. The van der Waals surface area contributed by atoms with Crippen LogP contribution in [0.2, 0.25) is 0 Å². The third-order valence-electron chi connectivity index (χ3n) is 2.44. The molecule has 2 aromatic rings. The van der Waals surface area contributed by atoms with E-state index in [1.165, 1.54) is 0 Å². The van der Waals surface area contributed by atoms with Gasteiger partial charge in [0.2, 0.25) is 10.0 Å². The number of sulfonamides is 1. The normalized spacial score (nSPS) is 12.5. The predicted octanol–water partition coefficient (Wildman–Crippen LogP) is 2.35. The highest BCUT2D eigenvalue weighted by Gasteiger charge is 2.18. The van der Waals surface area contributed by atoms with E-state index >= 15 is 0 Å². The summed E-state index contributed by atoms with van der Waals surface area (Å²) in [6, 6.07) is 10.6. The summed E-state index contributed by atoms with van der Waals surface area (Å²) in [4.78, 5) is 0. The average molecular weight is 378 g/mol. The van der Waals surface area contributed by atoms with E-state index in [1.54, 1.807) is 18.2 Å². The van der Waals surface area contributed by atoms with Gasteiger partial charge in [0, 0.05) is 16.4 Å². The van der Waals surface area contributed by atoms with E-state index in [0.29, 0.717) is 5.69 Å². The molecule has 20 heavy (non-hydrogen) atoms. The lowest BCUT2D eigenvalue weighted by Gasteiger charge is -2.08. The maximum atomic E-state index is 11.7. The number of hydrogen-bond donors (Lipinski definition) is 1. The summed E-state index contributed by atoms with van der Waals surface area (Å²) in [6.45, 7) is 0. The summed E-state index contributed by atoms with van der Waals surface area (Å²) < 4.78 is 48.7. The smallest absolute Gasteiger partial charge is 0.247 e. The van der Waals surface area contributed by atoms with Crippen LogP contribution in [-0.4, -0.2) is 28.2 Å². The Bertz CT molecular complexity index is 860. The molecule has 0 atom stereocenters. The largest absolute Gasteiger partial charge is 0.283 e. The van der Waals surface area contributed by atoms with Gasteiger partial charge in [0.25, 0.3) is 0 Å². The minimum atomic E-state index is -3.92. The molecule has 0 aliphatic carbocycles. The Hall–Kier alpha value is -1.12. The second-order valence-electron chi connectivity index (χ2n) is 4.47. The molecule has 2 rings (SSSR count). The van der Waals surface area contributed by atoms with Crippen LogP contribution < -0.4 is 4.72 Å². The molecule has 0 radical (unpaired) electrons. The molecule has 2 aromatic carbocycles. The lowest BCUT2D eigenvalue weighted by molar-refractivity contribution is 0.595. The molecule has 0 saturated carbocycles. The van der Waals surface area contributed by atoms with Crippen LogP contribution in [-0.2, 0) is 19.9 Å². The van der Waals surface area contributed by atoms with Crippen LogP contribution >= 0.6 is 15.9 Å². The summed E-state index contributed by atoms with van der Waals surface area (Å²) in [5.41, 5.74) is 0.337. The summed E-state index contributed by atoms with van der Waals surface area (Å²) in [5.74, 6) is 0. The van der Waals surface area contributed by atoms with Crippen LogP contribution in [0.3, 0.4) is 0 Å². The zero-order chi connectivity index (χ0) is 15.0. The number of halogens is 1. The van der Waals surface area contributed by atoms with Crippen LogP contribution in [0.5, 0.6) is 0 Å². The first-order valence-corrected chi connectivity index (χ1v) is 10.0. The van der Waals surface area contributed by atoms with E-state index in [0.717, 1.165) is 21.5 Å². The minimum absolute atomic E-state index is 0.337. The molecule has 0 aromatic heterocycles. The zero-order valence-corrected chi connectivity index (χ0v) is 13.7. The van der Waals surface area contributed by atoms with Crippen molar-refractivity contribution in [1.29, 1.82) is 0 Å². The molecule has 8 heteroatoms. The summed E-state index contributed by atoms with van der Waals surface area (Å²) in [5, 5.41) is 0.872. The Balaban J connectivity index is 2.33. The van der Waals surface area contributed by atoms with Gasteiger partial charge in [-0.05, 0) is 35.0 Å². The first-order chi connectivity index (χ1) is 9.15. The number of nitrogens with one attached hydrogen (secondary N) is 1. The third kappa shape index (κ3) is 4.19. The Kier molecular flexibility index (Phi) is 4.08. The molecular weight excluding hydrogens is 366 g/mol. The third-order valence-corrected chi connectivity index (χ3v) is 6.44. The lowest BCUT2D eigenvalue weighted by Crippen LogP contribution is -2.22. The number of benzene rings is 2. The first-order valence-electron chi connectivity index (χ1n) is 5.52. The van der Waals surface area contributed by atoms with Gasteiger partial charge in [-0.3, -0.25) is 4.72 Å². The van der Waals surface area contributed by atoms with Crippen LogP contribution in [0, 0.1) is 0 Å². The van der Waals surface area contributed by atoms with Gasteiger partial charge in [-0.1, -0.05) is 28.1 Å². The number of rotatable bonds is 4. The van der Waals surface area contributed by atoms with Gasteiger partial charge >= 0.3 is 0 Å². The Morgan fingerprint density at radius 3 is 2.25 bits per heavy atom. The van der Waals surface area contributed by atoms with Crippen molar-refractivity contribution in [2.75, 3.05) is 16.1 Å². The summed E-state index contributed by atoms with van der Waals surface area (Å²) in [7, 11) is -7.52. The standard InChI is InChI=1S/C12H12BrNO4S2/c1-19(15,16)8-20(17,18)14-12-5-3-9-6-11(13)4-2-10(9)7-12/h2-7,14H,8H2,1H3. The molecule has 108 valence electrons. The Morgan fingerprint density at radius 1 is 1.00 bits per heavy atom. The Labute approximate surface area is 126 Å². The highest BCUT2D eigenvalue weighted by Crippen LogP contribution is 2.23. The second-order valence-corrected chi connectivity index (χ2v) is 9.61. The van der Waals surface area contributed by atoms with Gasteiger partial charge in [0.15, 0.2) is 14.9 Å². The van der Waals surface area contributed by atoms with Crippen molar-refractivity contribution in [3.63, 3.8) is 0 Å². The maximum absolute atomic E-state index is 11.7. The summed E-state index contributed by atoms with van der Waals surface area (Å²) in [6.07, 6.45) is 0.879. The van der Waals surface area contributed by atoms with Gasteiger partial charge in [0.1, 0.15) is 0 Å². The van der Waals surface area contributed by atoms with E-state index in [2.05, 4.69) is 20.7 Å². The second kappa shape index (κ2) is 5.34. The van der Waals surface area contributed by atoms with Crippen molar-refractivity contribution in [2.45, 2.75) is 0 Å². The highest BCUT2D eigenvalue weighted by atomic mass is 79.9. The van der Waals surface area contributed by atoms with E-state index in [4.69, 9.17) is 0 Å². The number of hydrogen-bond acceptors (Lipinski definition) is 4. The van der Waals surface area contributed by atoms with Crippen LogP contribution in [0.4, 0.5) is 5.69 Å². The SMILES string of the molecule is CS(=O)(=O)CS(=O)(=O)Nc1ccc2cc(Br)ccc2c1. The topological polar surface area (TPSA) is 80.3 Å². The van der Waals surface area contributed by atoms with Crippen molar-refractivity contribution in [2.24, 2.45) is 0 Å². The molecule has 0 aliphatic rings. The average Bonchev–Trinajstić information content (AvgIpc) is 2.25. The molecule has 0 saturated heterocycles. The van der Waals surface area contributed by atoms with E-state index in [1.807, 2.05) is 18.2 Å². The van der Waals surface area contributed by atoms with Crippen molar-refractivity contribution >= 4 is 52.3 Å².